The standard InChI is InChI=1S/C14H17.C13H9.C2H6Si.Zr/c1-9(2)12-6-5-11(4)13-7-10(3)8-14(12)13;1-3-7-12-10(5-1)9-11-6-2-4-8-13(11)12;1-3-2;/h5-9H,1-4H3;1-9H;1-2H3;/q2*-1;;+2. The Morgan fingerprint density at radius 1 is 0.742 bits per heavy atom. The smallest absolute Gasteiger partial charge is 0.0308 e. The molecular formula is C29H32SiZr. The van der Waals surface area contributed by atoms with Crippen molar-refractivity contribution in [1.82, 2.24) is 0 Å². The van der Waals surface area contributed by atoms with E-state index >= 15 is 0 Å². The molecule has 0 spiro atoms. The molecule has 31 heavy (non-hydrogen) atoms. The zero-order chi connectivity index (χ0) is 22.5. The molecule has 0 aliphatic rings. The van der Waals surface area contributed by atoms with Crippen LogP contribution in [-0.2, 0) is 23.3 Å². The molecule has 0 aromatic heterocycles. The molecule has 0 atom stereocenters. The average molecular weight is 500 g/mol. The Morgan fingerprint density at radius 2 is 1.26 bits per heavy atom. The second-order valence-electron chi connectivity index (χ2n) is 8.81. The molecule has 5 aromatic carbocycles. The summed E-state index contributed by atoms with van der Waals surface area (Å²) in [5.41, 5.74) is 4.44. The fourth-order valence-electron chi connectivity index (χ4n) is 4.02. The first kappa shape index (κ1) is 23.9. The van der Waals surface area contributed by atoms with Gasteiger partial charge in [-0.15, -0.1) is 73.8 Å². The minimum Gasteiger partial charge on any atom is -0.165 e. The van der Waals surface area contributed by atoms with Crippen LogP contribution in [0.1, 0.15) is 36.5 Å². The third-order valence-electron chi connectivity index (χ3n) is 5.43. The third kappa shape index (κ3) is 5.93. The SMILES string of the molecule is C[Si](C)=[Zr+2].Cc1cc2c(C(C)C)ccc(C)c2[cH-]1.c1ccc2c(c1)[cH-]c1ccccc12. The van der Waals surface area contributed by atoms with Crippen LogP contribution in [0.4, 0.5) is 0 Å². The van der Waals surface area contributed by atoms with Gasteiger partial charge in [0, 0.05) is 0 Å². The number of fused-ring (bicyclic) bond motifs is 4. The van der Waals surface area contributed by atoms with Gasteiger partial charge in [0.25, 0.3) is 0 Å². The molecule has 0 fully saturated rings. The van der Waals surface area contributed by atoms with E-state index in [1.165, 1.54) is 49.0 Å². The molecule has 5 aromatic rings. The van der Waals surface area contributed by atoms with E-state index in [1.54, 1.807) is 23.3 Å². The van der Waals surface area contributed by atoms with Crippen LogP contribution >= 0.6 is 0 Å². The molecule has 156 valence electrons. The van der Waals surface area contributed by atoms with Crippen LogP contribution in [0, 0.1) is 13.8 Å². The number of hydrogen-bond donors (Lipinski definition) is 0. The first-order valence-electron chi connectivity index (χ1n) is 11.0. The van der Waals surface area contributed by atoms with Crippen LogP contribution in [0.2, 0.25) is 13.1 Å². The molecule has 2 heteroatoms. The van der Waals surface area contributed by atoms with Crippen LogP contribution in [0.25, 0.3) is 32.3 Å². The summed E-state index contributed by atoms with van der Waals surface area (Å²) in [6, 6.07) is 28.4. The van der Waals surface area contributed by atoms with Gasteiger partial charge >= 0.3 is 41.9 Å². The van der Waals surface area contributed by atoms with Crippen LogP contribution < -0.4 is 0 Å². The Hall–Kier alpha value is -1.76. The fourth-order valence-corrected chi connectivity index (χ4v) is 4.02. The first-order chi connectivity index (χ1) is 14.8. The summed E-state index contributed by atoms with van der Waals surface area (Å²) in [6.45, 7) is 13.5. The second-order valence-corrected chi connectivity index (χ2v) is 18.2. The van der Waals surface area contributed by atoms with Gasteiger partial charge in [0.15, 0.2) is 0 Å². The number of benzene rings is 3. The van der Waals surface area contributed by atoms with E-state index in [0.717, 1.165) is 0 Å². The van der Waals surface area contributed by atoms with Crippen molar-refractivity contribution in [3.8, 4) is 0 Å². The zero-order valence-corrected chi connectivity index (χ0v) is 23.0. The molecule has 0 radical (unpaired) electrons. The van der Waals surface area contributed by atoms with Crippen molar-refractivity contribution >= 4 is 37.8 Å². The maximum atomic E-state index is 2.31. The van der Waals surface area contributed by atoms with Crippen molar-refractivity contribution in [2.75, 3.05) is 0 Å². The van der Waals surface area contributed by atoms with Crippen LogP contribution in [0.15, 0.2) is 78.9 Å². The molecule has 0 saturated carbocycles. The molecule has 0 unspecified atom stereocenters. The molecule has 5 rings (SSSR count). The topological polar surface area (TPSA) is 0 Å². The molecule has 0 aliphatic carbocycles. The van der Waals surface area contributed by atoms with Gasteiger partial charge in [-0.3, -0.25) is 0 Å². The van der Waals surface area contributed by atoms with E-state index in [0.29, 0.717) is 5.92 Å². The largest absolute Gasteiger partial charge is 0.165 e. The molecule has 0 amide bonds. The van der Waals surface area contributed by atoms with Gasteiger partial charge in [0.05, 0.1) is 0 Å². The summed E-state index contributed by atoms with van der Waals surface area (Å²) in [6.07, 6.45) is 0. The molecule has 0 heterocycles. The van der Waals surface area contributed by atoms with Gasteiger partial charge in [0.2, 0.25) is 0 Å². The molecular weight excluding hydrogens is 468 g/mol. The summed E-state index contributed by atoms with van der Waals surface area (Å²) >= 11 is 1.74. The van der Waals surface area contributed by atoms with Crippen molar-refractivity contribution in [2.45, 2.75) is 46.7 Å². The van der Waals surface area contributed by atoms with E-state index in [1.807, 2.05) is 0 Å². The van der Waals surface area contributed by atoms with Gasteiger partial charge in [-0.05, 0) is 5.92 Å². The van der Waals surface area contributed by atoms with Crippen molar-refractivity contribution in [3.05, 3.63) is 95.6 Å². The van der Waals surface area contributed by atoms with Gasteiger partial charge in [-0.25, -0.2) is 0 Å². The number of hydrogen-bond acceptors (Lipinski definition) is 0. The Morgan fingerprint density at radius 3 is 1.77 bits per heavy atom. The van der Waals surface area contributed by atoms with E-state index < -0.39 is 0 Å². The van der Waals surface area contributed by atoms with Gasteiger partial charge < -0.3 is 0 Å². The van der Waals surface area contributed by atoms with Gasteiger partial charge in [0.1, 0.15) is 0 Å². The molecule has 0 bridgehead atoms. The Balaban J connectivity index is 0.000000151. The van der Waals surface area contributed by atoms with Crippen LogP contribution in [0.3, 0.4) is 0 Å². The van der Waals surface area contributed by atoms with Crippen molar-refractivity contribution in [1.29, 1.82) is 0 Å². The van der Waals surface area contributed by atoms with Crippen molar-refractivity contribution in [2.24, 2.45) is 0 Å². The Kier molecular flexibility index (Phi) is 8.25. The maximum Gasteiger partial charge on any atom is -0.0308 e. The predicted octanol–water partition coefficient (Wildman–Crippen LogP) is 8.80. The monoisotopic (exact) mass is 498 g/mol. The zero-order valence-electron chi connectivity index (χ0n) is 19.6. The number of aryl methyl sites for hydroxylation is 2. The Bertz CT molecular complexity index is 1260. The second kappa shape index (κ2) is 10.7. The number of rotatable bonds is 1. The van der Waals surface area contributed by atoms with Gasteiger partial charge in [-0.2, -0.15) is 6.07 Å². The summed E-state index contributed by atoms with van der Waals surface area (Å²) in [7, 11) is 0. The molecule has 0 N–H and O–H groups in total. The quantitative estimate of drug-likeness (QED) is 0.160. The summed E-state index contributed by atoms with van der Waals surface area (Å²) < 4.78 is 0. The minimum atomic E-state index is 0.210. The van der Waals surface area contributed by atoms with Crippen molar-refractivity contribution in [3.63, 3.8) is 0 Å². The van der Waals surface area contributed by atoms with Crippen molar-refractivity contribution < 1.29 is 23.3 Å². The molecule has 0 nitrogen and oxygen atoms in total. The fraction of sp³-hybridized carbons (Fsp3) is 0.241. The summed E-state index contributed by atoms with van der Waals surface area (Å²) in [4.78, 5) is 0. The Labute approximate surface area is 202 Å². The van der Waals surface area contributed by atoms with E-state index in [-0.39, 0.29) is 5.43 Å². The molecule has 0 aliphatic heterocycles. The van der Waals surface area contributed by atoms with E-state index in [2.05, 4.69) is 120 Å². The average Bonchev–Trinajstić information content (AvgIpc) is 3.29. The third-order valence-corrected chi connectivity index (χ3v) is 5.43. The first-order valence-corrected chi connectivity index (χ1v) is 17.2. The normalized spacial score (nSPS) is 10.7. The minimum absolute atomic E-state index is 0.210. The van der Waals surface area contributed by atoms with E-state index in [9.17, 15) is 0 Å². The van der Waals surface area contributed by atoms with Gasteiger partial charge in [-0.1, -0.05) is 75.7 Å². The maximum absolute atomic E-state index is 2.31. The van der Waals surface area contributed by atoms with Crippen LogP contribution in [-0.4, -0.2) is 5.43 Å². The predicted molar refractivity (Wildman–Crippen MR) is 138 cm³/mol. The van der Waals surface area contributed by atoms with E-state index in [4.69, 9.17) is 0 Å². The van der Waals surface area contributed by atoms with Crippen LogP contribution in [0.5, 0.6) is 0 Å². The summed E-state index contributed by atoms with van der Waals surface area (Å²) in [5.74, 6) is 0.611. The molecule has 0 saturated heterocycles. The summed E-state index contributed by atoms with van der Waals surface area (Å²) in [5, 5.41) is 8.26.